The summed E-state index contributed by atoms with van der Waals surface area (Å²) >= 11 is 2.94. The van der Waals surface area contributed by atoms with Gasteiger partial charge in [0.05, 0.1) is 5.56 Å². The van der Waals surface area contributed by atoms with Crippen LogP contribution in [0.4, 0.5) is 13.2 Å². The van der Waals surface area contributed by atoms with Gasteiger partial charge in [-0.25, -0.2) is 0 Å². The molecule has 0 unspecified atom stereocenters. The average molecular weight is 263 g/mol. The van der Waals surface area contributed by atoms with Gasteiger partial charge in [0.25, 0.3) is 0 Å². The Bertz CT molecular complexity index is 405. The van der Waals surface area contributed by atoms with E-state index in [9.17, 15) is 13.2 Å². The zero-order valence-electron chi connectivity index (χ0n) is 7.03. The molecule has 0 N–H and O–H groups in total. The minimum atomic E-state index is -4.28. The Morgan fingerprint density at radius 3 is 2.57 bits per heavy atom. The number of rotatable bonds is 0. The van der Waals surface area contributed by atoms with Crippen LogP contribution in [0.3, 0.4) is 0 Å². The molecule has 0 spiro atoms. The molecule has 0 heterocycles. The van der Waals surface area contributed by atoms with E-state index < -0.39 is 11.7 Å². The van der Waals surface area contributed by atoms with Crippen molar-refractivity contribution in [2.24, 2.45) is 0 Å². The summed E-state index contributed by atoms with van der Waals surface area (Å²) in [4.78, 5) is 0. The van der Waals surface area contributed by atoms with Crippen LogP contribution in [0.25, 0.3) is 6.08 Å². The third-order valence-corrected chi connectivity index (χ3v) is 2.86. The summed E-state index contributed by atoms with van der Waals surface area (Å²) < 4.78 is 38.1. The average Bonchev–Trinajstić information content (AvgIpc) is 2.48. The molecule has 14 heavy (non-hydrogen) atoms. The third-order valence-electron chi connectivity index (χ3n) is 2.20. The van der Waals surface area contributed by atoms with Gasteiger partial charge in [0, 0.05) is 4.47 Å². The molecule has 1 aromatic carbocycles. The second kappa shape index (κ2) is 3.12. The van der Waals surface area contributed by atoms with E-state index in [1.807, 2.05) is 0 Å². The van der Waals surface area contributed by atoms with E-state index in [4.69, 9.17) is 0 Å². The van der Waals surface area contributed by atoms with Crippen molar-refractivity contribution < 1.29 is 13.2 Å². The smallest absolute Gasteiger partial charge is 0.166 e. The van der Waals surface area contributed by atoms with Gasteiger partial charge in [-0.05, 0) is 23.6 Å². The quantitative estimate of drug-likeness (QED) is 0.662. The Kier molecular flexibility index (Phi) is 2.18. The molecule has 0 aliphatic heterocycles. The number of benzene rings is 1. The molecular weight excluding hydrogens is 257 g/mol. The highest BCUT2D eigenvalue weighted by atomic mass is 79.9. The number of hydrogen-bond donors (Lipinski definition) is 0. The van der Waals surface area contributed by atoms with Crippen molar-refractivity contribution in [1.29, 1.82) is 0 Å². The van der Waals surface area contributed by atoms with Crippen LogP contribution in [0, 0.1) is 0 Å². The molecular formula is C10H6BrF3. The van der Waals surface area contributed by atoms with Crippen LogP contribution in [0.2, 0.25) is 0 Å². The Labute approximate surface area is 87.6 Å². The second-order valence-electron chi connectivity index (χ2n) is 3.09. The molecule has 4 heteroatoms. The maximum absolute atomic E-state index is 12.6. The van der Waals surface area contributed by atoms with E-state index in [1.165, 1.54) is 6.07 Å². The summed E-state index contributed by atoms with van der Waals surface area (Å²) in [5.74, 6) is 0. The monoisotopic (exact) mass is 262 g/mol. The van der Waals surface area contributed by atoms with Gasteiger partial charge >= 0.3 is 6.18 Å². The van der Waals surface area contributed by atoms with E-state index in [0.29, 0.717) is 17.5 Å². The van der Waals surface area contributed by atoms with Gasteiger partial charge in [0.15, 0.2) is 0 Å². The normalized spacial score (nSPS) is 14.6. The van der Waals surface area contributed by atoms with Crippen molar-refractivity contribution in [1.82, 2.24) is 0 Å². The molecule has 0 aromatic heterocycles. The number of allylic oxidation sites excluding steroid dienone is 1. The Balaban J connectivity index is 2.66. The number of hydrogen-bond acceptors (Lipinski definition) is 0. The lowest BCUT2D eigenvalue weighted by molar-refractivity contribution is -0.138. The number of fused-ring (bicyclic) bond motifs is 1. The maximum Gasteiger partial charge on any atom is 0.417 e. The van der Waals surface area contributed by atoms with Crippen molar-refractivity contribution in [3.8, 4) is 0 Å². The van der Waals surface area contributed by atoms with E-state index in [0.717, 1.165) is 0 Å². The highest BCUT2D eigenvalue weighted by molar-refractivity contribution is 9.10. The molecule has 0 radical (unpaired) electrons. The van der Waals surface area contributed by atoms with Crippen molar-refractivity contribution >= 4 is 22.0 Å². The fraction of sp³-hybridized carbons (Fsp3) is 0.200. The predicted octanol–water partition coefficient (Wildman–Crippen LogP) is 4.04. The molecule has 0 nitrogen and oxygen atoms in total. The SMILES string of the molecule is FC(F)(F)c1c(Br)ccc2c1CC=C2. The van der Waals surface area contributed by atoms with Gasteiger partial charge in [-0.3, -0.25) is 0 Å². The van der Waals surface area contributed by atoms with Crippen molar-refractivity contribution in [2.45, 2.75) is 12.6 Å². The van der Waals surface area contributed by atoms with Crippen LogP contribution in [0.5, 0.6) is 0 Å². The third kappa shape index (κ3) is 1.47. The summed E-state index contributed by atoms with van der Waals surface area (Å²) in [6, 6.07) is 3.13. The summed E-state index contributed by atoms with van der Waals surface area (Å²) in [5, 5.41) is 0. The van der Waals surface area contributed by atoms with Gasteiger partial charge in [-0.1, -0.05) is 34.1 Å². The second-order valence-corrected chi connectivity index (χ2v) is 3.95. The van der Waals surface area contributed by atoms with Crippen LogP contribution >= 0.6 is 15.9 Å². The topological polar surface area (TPSA) is 0 Å². The van der Waals surface area contributed by atoms with Crippen LogP contribution in [0.1, 0.15) is 16.7 Å². The van der Waals surface area contributed by atoms with Crippen LogP contribution < -0.4 is 0 Å². The predicted molar refractivity (Wildman–Crippen MR) is 51.9 cm³/mol. The summed E-state index contributed by atoms with van der Waals surface area (Å²) in [7, 11) is 0. The highest BCUT2D eigenvalue weighted by Crippen LogP contribution is 2.40. The van der Waals surface area contributed by atoms with Crippen LogP contribution in [-0.2, 0) is 12.6 Å². The van der Waals surface area contributed by atoms with Gasteiger partial charge in [-0.2, -0.15) is 13.2 Å². The van der Waals surface area contributed by atoms with Crippen LogP contribution in [-0.4, -0.2) is 0 Å². The fourth-order valence-corrected chi connectivity index (χ4v) is 2.22. The number of alkyl halides is 3. The van der Waals surface area contributed by atoms with Crippen LogP contribution in [0.15, 0.2) is 22.7 Å². The first-order chi connectivity index (χ1) is 6.50. The first-order valence-corrected chi connectivity index (χ1v) is 4.84. The highest BCUT2D eigenvalue weighted by Gasteiger charge is 2.36. The maximum atomic E-state index is 12.6. The minimum absolute atomic E-state index is 0.118. The largest absolute Gasteiger partial charge is 0.417 e. The van der Waals surface area contributed by atoms with E-state index in [2.05, 4.69) is 15.9 Å². The zero-order chi connectivity index (χ0) is 10.3. The standard InChI is InChI=1S/C10H6BrF3/c11-8-5-4-6-2-1-3-7(6)9(8)10(12,13)14/h1-2,4-5H,3H2. The lowest BCUT2D eigenvalue weighted by atomic mass is 10.0. The Morgan fingerprint density at radius 1 is 1.21 bits per heavy atom. The summed E-state index contributed by atoms with van der Waals surface area (Å²) in [6.07, 6.45) is -0.455. The summed E-state index contributed by atoms with van der Waals surface area (Å²) in [6.45, 7) is 0. The molecule has 0 saturated heterocycles. The molecule has 0 fully saturated rings. The van der Waals surface area contributed by atoms with Gasteiger partial charge in [0.2, 0.25) is 0 Å². The first-order valence-electron chi connectivity index (χ1n) is 4.05. The van der Waals surface area contributed by atoms with E-state index in [-0.39, 0.29) is 4.47 Å². The summed E-state index contributed by atoms with van der Waals surface area (Å²) in [5.41, 5.74) is 0.493. The molecule has 0 amide bonds. The molecule has 1 aromatic rings. The molecule has 74 valence electrons. The fourth-order valence-electron chi connectivity index (χ4n) is 1.62. The molecule has 2 rings (SSSR count). The van der Waals surface area contributed by atoms with Gasteiger partial charge < -0.3 is 0 Å². The van der Waals surface area contributed by atoms with Gasteiger partial charge in [-0.15, -0.1) is 0 Å². The van der Waals surface area contributed by atoms with Crippen molar-refractivity contribution in [2.75, 3.05) is 0 Å². The van der Waals surface area contributed by atoms with Gasteiger partial charge in [0.1, 0.15) is 0 Å². The zero-order valence-corrected chi connectivity index (χ0v) is 8.61. The molecule has 0 saturated carbocycles. The molecule has 0 bridgehead atoms. The Hall–Kier alpha value is -0.770. The van der Waals surface area contributed by atoms with E-state index in [1.54, 1.807) is 18.2 Å². The molecule has 0 atom stereocenters. The number of halogens is 4. The van der Waals surface area contributed by atoms with Crippen molar-refractivity contribution in [3.63, 3.8) is 0 Å². The minimum Gasteiger partial charge on any atom is -0.166 e. The first kappa shape index (κ1) is 9.77. The lowest BCUT2D eigenvalue weighted by Gasteiger charge is -2.13. The lowest BCUT2D eigenvalue weighted by Crippen LogP contribution is -2.10. The van der Waals surface area contributed by atoms with E-state index >= 15 is 0 Å². The molecule has 1 aliphatic carbocycles. The molecule has 1 aliphatic rings. The van der Waals surface area contributed by atoms with Crippen molar-refractivity contribution in [3.05, 3.63) is 39.4 Å². The Morgan fingerprint density at radius 2 is 1.93 bits per heavy atom.